The van der Waals surface area contributed by atoms with Crippen LogP contribution >= 0.6 is 0 Å². The van der Waals surface area contributed by atoms with E-state index in [2.05, 4.69) is 26.8 Å². The number of ether oxygens (including phenoxy) is 2. The first-order valence-electron chi connectivity index (χ1n) is 11.5. The molecular formula is C21H39FN6O3. The van der Waals surface area contributed by atoms with Crippen molar-refractivity contribution in [3.05, 3.63) is 0 Å². The number of amides is 1. The summed E-state index contributed by atoms with van der Waals surface area (Å²) in [6.07, 6.45) is 4.67. The zero-order valence-corrected chi connectivity index (χ0v) is 19.0. The minimum Gasteiger partial charge on any atom is -0.383 e. The van der Waals surface area contributed by atoms with Crippen LogP contribution in [-0.2, 0) is 14.3 Å². The summed E-state index contributed by atoms with van der Waals surface area (Å²) in [5.74, 6) is 0.729. The lowest BCUT2D eigenvalue weighted by Crippen LogP contribution is -2.52. The van der Waals surface area contributed by atoms with Crippen LogP contribution in [0.5, 0.6) is 0 Å². The number of hydrazine groups is 1. The Balaban J connectivity index is 1.57. The molecule has 3 fully saturated rings. The Morgan fingerprint density at radius 1 is 1.16 bits per heavy atom. The molecule has 2 saturated heterocycles. The quantitative estimate of drug-likeness (QED) is 0.293. The lowest BCUT2D eigenvalue weighted by atomic mass is 9.82. The number of aliphatic imine (C=N–C) groups is 1. The number of carbonyl (C=O) groups is 1. The number of methoxy groups -OCH3 is 2. The van der Waals surface area contributed by atoms with Gasteiger partial charge in [0.2, 0.25) is 5.91 Å². The molecule has 0 radical (unpaired) electrons. The summed E-state index contributed by atoms with van der Waals surface area (Å²) in [6, 6.07) is 0.263. The molecule has 0 spiro atoms. The minimum absolute atomic E-state index is 0.00334. The standard InChI is InChI=1S/C21H39FN6O3/c1-13(12-30-2)24-21(26-20(29)15-6-9-19(31-3)23-11-15)25-18-10-17(27-28-18)14-4-7-16(22)8-5-14/h13-19,23,27-28H,4-12H2,1-3H3,(H2,24,25,26,29)/t13-,14?,15?,16?,17?,18?,19?/m0/s1. The van der Waals surface area contributed by atoms with Crippen LogP contribution in [0.2, 0.25) is 0 Å². The third-order valence-corrected chi connectivity index (χ3v) is 6.53. The van der Waals surface area contributed by atoms with E-state index in [1.54, 1.807) is 14.2 Å². The van der Waals surface area contributed by atoms with Crippen molar-refractivity contribution in [2.24, 2.45) is 16.8 Å². The number of nitrogens with zero attached hydrogens (tertiary/aromatic N) is 1. The molecule has 1 saturated carbocycles. The molecule has 178 valence electrons. The monoisotopic (exact) mass is 442 g/mol. The maximum atomic E-state index is 13.5. The SMILES string of the molecule is COC[C@H](C)N/C(=N\C1CC(C2CCC(F)CC2)NN1)NC(=O)C1CCC(OC)NC1. The van der Waals surface area contributed by atoms with Crippen LogP contribution in [-0.4, -0.2) is 69.9 Å². The van der Waals surface area contributed by atoms with Gasteiger partial charge in [-0.25, -0.2) is 14.8 Å². The number of hydrogen-bond acceptors (Lipinski definition) is 7. The van der Waals surface area contributed by atoms with E-state index in [1.165, 1.54) is 0 Å². The molecule has 0 bridgehead atoms. The number of carbonyl (C=O) groups excluding carboxylic acids is 1. The second kappa shape index (κ2) is 12.1. The highest BCUT2D eigenvalue weighted by atomic mass is 19.1. The Kier molecular flexibility index (Phi) is 9.46. The molecule has 0 aromatic rings. The van der Waals surface area contributed by atoms with E-state index in [1.807, 2.05) is 6.92 Å². The normalized spacial score (nSPS) is 35.5. The second-order valence-electron chi connectivity index (χ2n) is 9.03. The average Bonchev–Trinajstić information content (AvgIpc) is 3.22. The fourth-order valence-electron chi connectivity index (χ4n) is 4.70. The number of guanidine groups is 1. The Morgan fingerprint density at radius 3 is 2.58 bits per heavy atom. The summed E-state index contributed by atoms with van der Waals surface area (Å²) >= 11 is 0. The molecule has 2 heterocycles. The Labute approximate surface area is 184 Å². The van der Waals surface area contributed by atoms with Crippen LogP contribution in [0, 0.1) is 11.8 Å². The molecule has 1 amide bonds. The van der Waals surface area contributed by atoms with Crippen molar-refractivity contribution in [2.45, 2.75) is 82.5 Å². The zero-order chi connectivity index (χ0) is 22.2. The maximum absolute atomic E-state index is 13.5. The van der Waals surface area contributed by atoms with E-state index in [9.17, 15) is 9.18 Å². The van der Waals surface area contributed by atoms with Crippen LogP contribution in [0.1, 0.15) is 51.9 Å². The van der Waals surface area contributed by atoms with Gasteiger partial charge in [0, 0.05) is 39.3 Å². The van der Waals surface area contributed by atoms with Crippen LogP contribution < -0.4 is 26.8 Å². The van der Waals surface area contributed by atoms with Gasteiger partial charge in [0.1, 0.15) is 18.6 Å². The molecule has 5 N–H and O–H groups in total. The van der Waals surface area contributed by atoms with E-state index in [-0.39, 0.29) is 36.3 Å². The Bertz CT molecular complexity index is 594. The van der Waals surface area contributed by atoms with Crippen LogP contribution in [0.3, 0.4) is 0 Å². The van der Waals surface area contributed by atoms with Gasteiger partial charge in [-0.05, 0) is 51.4 Å². The van der Waals surface area contributed by atoms with Gasteiger partial charge in [0.05, 0.1) is 12.5 Å². The fraction of sp³-hybridized carbons (Fsp3) is 0.905. The summed E-state index contributed by atoms with van der Waals surface area (Å²) in [5, 5.41) is 9.49. The molecule has 9 nitrogen and oxygen atoms in total. The van der Waals surface area contributed by atoms with E-state index in [4.69, 9.17) is 14.5 Å². The summed E-state index contributed by atoms with van der Waals surface area (Å²) in [5.41, 5.74) is 6.57. The smallest absolute Gasteiger partial charge is 0.231 e. The first-order valence-corrected chi connectivity index (χ1v) is 11.5. The third-order valence-electron chi connectivity index (χ3n) is 6.53. The number of alkyl halides is 1. The molecule has 10 heteroatoms. The summed E-state index contributed by atoms with van der Waals surface area (Å²) in [7, 11) is 3.32. The topological polar surface area (TPSA) is 108 Å². The summed E-state index contributed by atoms with van der Waals surface area (Å²) < 4.78 is 24.0. The van der Waals surface area contributed by atoms with Crippen molar-refractivity contribution in [1.29, 1.82) is 0 Å². The van der Waals surface area contributed by atoms with Crippen molar-refractivity contribution >= 4 is 11.9 Å². The van der Waals surface area contributed by atoms with E-state index in [0.717, 1.165) is 32.1 Å². The van der Waals surface area contributed by atoms with Crippen molar-refractivity contribution in [1.82, 2.24) is 26.8 Å². The lowest BCUT2D eigenvalue weighted by Gasteiger charge is -2.29. The third kappa shape index (κ3) is 7.35. The molecule has 0 aromatic heterocycles. The van der Waals surface area contributed by atoms with E-state index >= 15 is 0 Å². The van der Waals surface area contributed by atoms with Gasteiger partial charge in [-0.3, -0.25) is 20.9 Å². The Morgan fingerprint density at radius 2 is 1.94 bits per heavy atom. The molecule has 5 atom stereocenters. The molecule has 4 unspecified atom stereocenters. The van der Waals surface area contributed by atoms with Gasteiger partial charge in [-0.15, -0.1) is 0 Å². The molecule has 1 aliphatic carbocycles. The van der Waals surface area contributed by atoms with Crippen LogP contribution in [0.15, 0.2) is 4.99 Å². The fourth-order valence-corrected chi connectivity index (χ4v) is 4.70. The number of rotatable bonds is 7. The number of piperidine rings is 1. The van der Waals surface area contributed by atoms with Gasteiger partial charge in [0.25, 0.3) is 0 Å². The lowest BCUT2D eigenvalue weighted by molar-refractivity contribution is -0.125. The number of nitrogens with one attached hydrogen (secondary N) is 5. The average molecular weight is 443 g/mol. The molecule has 31 heavy (non-hydrogen) atoms. The summed E-state index contributed by atoms with van der Waals surface area (Å²) in [6.45, 7) is 3.06. The molecule has 3 aliphatic rings. The van der Waals surface area contributed by atoms with Gasteiger partial charge < -0.3 is 14.8 Å². The largest absolute Gasteiger partial charge is 0.383 e. The predicted octanol–water partition coefficient (Wildman–Crippen LogP) is 0.776. The van der Waals surface area contributed by atoms with Crippen molar-refractivity contribution < 1.29 is 18.7 Å². The molecule has 2 aliphatic heterocycles. The van der Waals surface area contributed by atoms with E-state index < -0.39 is 6.17 Å². The van der Waals surface area contributed by atoms with Crippen LogP contribution in [0.25, 0.3) is 0 Å². The van der Waals surface area contributed by atoms with Crippen molar-refractivity contribution in [3.63, 3.8) is 0 Å². The highest BCUT2D eigenvalue weighted by molar-refractivity contribution is 5.98. The Hall–Kier alpha value is -1.33. The number of hydrogen-bond donors (Lipinski definition) is 5. The second-order valence-corrected chi connectivity index (χ2v) is 9.03. The highest BCUT2D eigenvalue weighted by Gasteiger charge is 2.33. The first kappa shape index (κ1) is 24.3. The molecule has 3 rings (SSSR count). The summed E-state index contributed by atoms with van der Waals surface area (Å²) in [4.78, 5) is 17.6. The first-order chi connectivity index (χ1) is 15.0. The number of halogens is 1. The maximum Gasteiger partial charge on any atom is 0.231 e. The predicted molar refractivity (Wildman–Crippen MR) is 117 cm³/mol. The zero-order valence-electron chi connectivity index (χ0n) is 19.0. The van der Waals surface area contributed by atoms with Crippen molar-refractivity contribution in [2.75, 3.05) is 27.4 Å². The highest BCUT2D eigenvalue weighted by Crippen LogP contribution is 2.31. The van der Waals surface area contributed by atoms with Crippen LogP contribution in [0.4, 0.5) is 4.39 Å². The minimum atomic E-state index is -0.652. The van der Waals surface area contributed by atoms with Crippen molar-refractivity contribution in [3.8, 4) is 0 Å². The van der Waals surface area contributed by atoms with Gasteiger partial charge in [-0.1, -0.05) is 0 Å². The van der Waals surface area contributed by atoms with E-state index in [0.29, 0.717) is 37.9 Å². The van der Waals surface area contributed by atoms with Gasteiger partial charge in [0.15, 0.2) is 5.96 Å². The molecular weight excluding hydrogens is 403 g/mol. The van der Waals surface area contributed by atoms with Gasteiger partial charge >= 0.3 is 0 Å². The molecule has 0 aromatic carbocycles. The van der Waals surface area contributed by atoms with Gasteiger partial charge in [-0.2, -0.15) is 0 Å².